The van der Waals surface area contributed by atoms with E-state index >= 15 is 0 Å². The normalized spacial score (nSPS) is 11.6. The molecule has 8 heteroatoms. The molecule has 0 fully saturated rings. The molecule has 342 valence electrons. The fourth-order valence-corrected chi connectivity index (χ4v) is 9.85. The first-order valence-electron chi connectivity index (χ1n) is 24.2. The van der Waals surface area contributed by atoms with Crippen molar-refractivity contribution in [2.45, 2.75) is 0 Å². The van der Waals surface area contributed by atoms with Gasteiger partial charge in [-0.2, -0.15) is 0 Å². The summed E-state index contributed by atoms with van der Waals surface area (Å²) < 4.78 is 14.6. The van der Waals surface area contributed by atoms with Gasteiger partial charge in [0.15, 0.2) is 28.6 Å². The predicted molar refractivity (Wildman–Crippen MR) is 293 cm³/mol. The molecule has 0 saturated carbocycles. The molecule has 4 heterocycles. The highest BCUT2D eigenvalue weighted by Gasteiger charge is 2.17. The molecule has 0 aliphatic heterocycles. The Labute approximate surface area is 419 Å². The Balaban J connectivity index is 0.807. The molecule has 73 heavy (non-hydrogen) atoms. The van der Waals surface area contributed by atoms with Crippen LogP contribution in [0.4, 0.5) is 0 Å². The summed E-state index contributed by atoms with van der Waals surface area (Å²) in [5.41, 5.74) is 17.4. The van der Waals surface area contributed by atoms with Crippen molar-refractivity contribution in [2.75, 3.05) is 0 Å². The van der Waals surface area contributed by atoms with Gasteiger partial charge in [-0.3, -0.25) is 0 Å². The van der Waals surface area contributed by atoms with Gasteiger partial charge >= 0.3 is 0 Å². The summed E-state index contributed by atoms with van der Waals surface area (Å²) in [6.45, 7) is 0. The standard InChI is InChI=1S/C65H40N6O2/c1-3-12-47(13-4-1)64-66-55-39-50(34-36-59(55)72-64)42-24-30-45(31-25-42)62-68-61(69-63(70-62)46-32-26-43(27-33-46)51-35-37-60-56(40-51)67-65(73-60)48-14-5-2-6-15-48)44-28-22-41(23-29-44)49-16-11-17-52(38-49)71-57-20-9-7-18-53(57)54-19-8-10-21-58(54)71/h1-40H. The molecule has 4 aromatic heterocycles. The first kappa shape index (κ1) is 41.9. The molecule has 0 radical (unpaired) electrons. The van der Waals surface area contributed by atoms with Crippen molar-refractivity contribution in [3.63, 3.8) is 0 Å². The molecule has 0 spiro atoms. The van der Waals surface area contributed by atoms with E-state index in [1.807, 2.05) is 72.8 Å². The second-order valence-corrected chi connectivity index (χ2v) is 18.1. The Morgan fingerprint density at radius 3 is 1.05 bits per heavy atom. The largest absolute Gasteiger partial charge is 0.436 e. The van der Waals surface area contributed by atoms with E-state index in [1.54, 1.807) is 0 Å². The zero-order valence-corrected chi connectivity index (χ0v) is 39.1. The highest BCUT2D eigenvalue weighted by Crippen LogP contribution is 2.36. The average Bonchev–Trinajstić information content (AvgIpc) is 4.20. The van der Waals surface area contributed by atoms with Gasteiger partial charge in [0.2, 0.25) is 11.8 Å². The fourth-order valence-electron chi connectivity index (χ4n) is 9.85. The van der Waals surface area contributed by atoms with Crippen LogP contribution in [0, 0.1) is 0 Å². The minimum absolute atomic E-state index is 0.573. The smallest absolute Gasteiger partial charge is 0.227 e. The molecule has 0 N–H and O–H groups in total. The van der Waals surface area contributed by atoms with E-state index in [0.717, 1.165) is 89.1 Å². The fraction of sp³-hybridized carbons (Fsp3) is 0. The number of nitrogens with zero attached hydrogens (tertiary/aromatic N) is 6. The first-order chi connectivity index (χ1) is 36.1. The lowest BCUT2D eigenvalue weighted by Gasteiger charge is -2.12. The van der Waals surface area contributed by atoms with Gasteiger partial charge in [-0.1, -0.05) is 170 Å². The molecule has 0 atom stereocenters. The van der Waals surface area contributed by atoms with Crippen LogP contribution in [0.15, 0.2) is 251 Å². The van der Waals surface area contributed by atoms with Crippen molar-refractivity contribution >= 4 is 44.0 Å². The quantitative estimate of drug-likeness (QED) is 0.142. The molecule has 0 aliphatic rings. The van der Waals surface area contributed by atoms with Gasteiger partial charge in [0.05, 0.1) is 11.0 Å². The van der Waals surface area contributed by atoms with Crippen molar-refractivity contribution in [1.29, 1.82) is 0 Å². The van der Waals surface area contributed by atoms with Gasteiger partial charge in [0.25, 0.3) is 0 Å². The number of rotatable bonds is 9. The highest BCUT2D eigenvalue weighted by molar-refractivity contribution is 6.09. The zero-order chi connectivity index (χ0) is 48.2. The first-order valence-corrected chi connectivity index (χ1v) is 24.2. The molecular weight excluding hydrogens is 897 g/mol. The van der Waals surface area contributed by atoms with Crippen LogP contribution in [-0.4, -0.2) is 29.5 Å². The van der Waals surface area contributed by atoms with E-state index < -0.39 is 0 Å². The maximum Gasteiger partial charge on any atom is 0.227 e. The number of hydrogen-bond donors (Lipinski definition) is 0. The summed E-state index contributed by atoms with van der Waals surface area (Å²) in [7, 11) is 0. The van der Waals surface area contributed by atoms with Crippen LogP contribution >= 0.6 is 0 Å². The lowest BCUT2D eigenvalue weighted by Crippen LogP contribution is -2.00. The van der Waals surface area contributed by atoms with E-state index in [2.05, 4.69) is 174 Å². The third-order valence-corrected chi connectivity index (χ3v) is 13.6. The number of para-hydroxylation sites is 2. The van der Waals surface area contributed by atoms with E-state index in [4.69, 9.17) is 33.8 Å². The van der Waals surface area contributed by atoms with E-state index in [1.165, 1.54) is 21.8 Å². The SMILES string of the molecule is c1ccc(-c2nc3cc(-c4ccc(-c5nc(-c6ccc(-c7cccc(-n8c9ccccc9c9ccccc98)c7)cc6)nc(-c6ccc(-c7ccc8oc(-c9ccccc9)nc8c7)cc6)n5)cc4)ccc3o2)cc1. The maximum atomic E-state index is 6.11. The molecule has 14 rings (SSSR count). The third kappa shape index (κ3) is 7.71. The van der Waals surface area contributed by atoms with Gasteiger partial charge < -0.3 is 13.4 Å². The molecular formula is C65H40N6O2. The Morgan fingerprint density at radius 1 is 0.260 bits per heavy atom. The minimum Gasteiger partial charge on any atom is -0.436 e. The van der Waals surface area contributed by atoms with Gasteiger partial charge in [0.1, 0.15) is 11.0 Å². The van der Waals surface area contributed by atoms with Crippen LogP contribution in [0.3, 0.4) is 0 Å². The summed E-state index contributed by atoms with van der Waals surface area (Å²) in [6.07, 6.45) is 0. The number of benzene rings is 10. The van der Waals surface area contributed by atoms with Crippen molar-refractivity contribution in [3.05, 3.63) is 243 Å². The molecule has 0 bridgehead atoms. The maximum absolute atomic E-state index is 6.11. The third-order valence-electron chi connectivity index (χ3n) is 13.6. The summed E-state index contributed by atoms with van der Waals surface area (Å²) in [4.78, 5) is 25.0. The van der Waals surface area contributed by atoms with E-state index in [0.29, 0.717) is 29.3 Å². The number of aromatic nitrogens is 6. The zero-order valence-electron chi connectivity index (χ0n) is 39.1. The summed E-state index contributed by atoms with van der Waals surface area (Å²) >= 11 is 0. The average molecular weight is 937 g/mol. The second-order valence-electron chi connectivity index (χ2n) is 18.1. The highest BCUT2D eigenvalue weighted by atomic mass is 16.4. The second kappa shape index (κ2) is 17.4. The molecule has 0 amide bonds. The van der Waals surface area contributed by atoms with Crippen LogP contribution in [0.2, 0.25) is 0 Å². The van der Waals surface area contributed by atoms with Crippen LogP contribution in [0.1, 0.15) is 0 Å². The summed E-state index contributed by atoms with van der Waals surface area (Å²) in [5.74, 6) is 2.93. The van der Waals surface area contributed by atoms with Crippen LogP contribution in [-0.2, 0) is 0 Å². The Morgan fingerprint density at radius 2 is 0.616 bits per heavy atom. The minimum atomic E-state index is 0.573. The molecule has 10 aromatic carbocycles. The molecule has 0 saturated heterocycles. The molecule has 14 aromatic rings. The van der Waals surface area contributed by atoms with Crippen molar-refractivity contribution in [3.8, 4) is 96.1 Å². The van der Waals surface area contributed by atoms with Crippen molar-refractivity contribution < 1.29 is 8.83 Å². The van der Waals surface area contributed by atoms with Gasteiger partial charge in [0, 0.05) is 44.3 Å². The summed E-state index contributed by atoms with van der Waals surface area (Å²) in [5, 5.41) is 2.47. The molecule has 8 nitrogen and oxygen atoms in total. The topological polar surface area (TPSA) is 95.7 Å². The van der Waals surface area contributed by atoms with Gasteiger partial charge in [-0.25, -0.2) is 24.9 Å². The van der Waals surface area contributed by atoms with Crippen LogP contribution in [0.25, 0.3) is 140 Å². The molecule has 0 unspecified atom stereocenters. The number of oxazole rings is 2. The number of hydrogen-bond acceptors (Lipinski definition) is 7. The Bertz CT molecular complexity index is 4120. The summed E-state index contributed by atoms with van der Waals surface area (Å²) in [6, 6.07) is 83.3. The lowest BCUT2D eigenvalue weighted by atomic mass is 10.0. The van der Waals surface area contributed by atoms with Crippen LogP contribution in [0.5, 0.6) is 0 Å². The van der Waals surface area contributed by atoms with Gasteiger partial charge in [-0.05, 0) is 106 Å². The lowest BCUT2D eigenvalue weighted by molar-refractivity contribution is 0.619. The monoisotopic (exact) mass is 936 g/mol. The van der Waals surface area contributed by atoms with E-state index in [9.17, 15) is 0 Å². The van der Waals surface area contributed by atoms with Crippen LogP contribution < -0.4 is 0 Å². The van der Waals surface area contributed by atoms with Gasteiger partial charge in [-0.15, -0.1) is 0 Å². The van der Waals surface area contributed by atoms with Crippen molar-refractivity contribution in [1.82, 2.24) is 29.5 Å². The Hall–Kier alpha value is -10.1. The number of fused-ring (bicyclic) bond motifs is 5. The van der Waals surface area contributed by atoms with Crippen molar-refractivity contribution in [2.24, 2.45) is 0 Å². The predicted octanol–water partition coefficient (Wildman–Crippen LogP) is 16.6. The Kier molecular flexibility index (Phi) is 9.99. The van der Waals surface area contributed by atoms with E-state index in [-0.39, 0.29) is 0 Å². The molecule has 0 aliphatic carbocycles.